The zero-order chi connectivity index (χ0) is 15.6. The minimum Gasteiger partial charge on any atom is -0.282 e. The third-order valence-electron chi connectivity index (χ3n) is 3.06. The number of anilines is 1. The van der Waals surface area contributed by atoms with Crippen LogP contribution in [-0.4, -0.2) is 19.2 Å². The van der Waals surface area contributed by atoms with E-state index in [1.807, 2.05) is 23.6 Å². The van der Waals surface area contributed by atoms with E-state index in [-0.39, 0.29) is 4.90 Å². The molecule has 0 aliphatic rings. The molecule has 2 N–H and O–H groups in total. The Kier molecular flexibility index (Phi) is 3.93. The van der Waals surface area contributed by atoms with Crippen molar-refractivity contribution in [3.8, 4) is 0 Å². The minimum absolute atomic E-state index is 0.147. The summed E-state index contributed by atoms with van der Waals surface area (Å²) < 4.78 is 32.0. The molecule has 1 heterocycles. The zero-order valence-corrected chi connectivity index (χ0v) is 12.9. The first kappa shape index (κ1) is 14.7. The maximum Gasteiger partial charge on any atom is 0.294 e. The van der Waals surface area contributed by atoms with Gasteiger partial charge in [-0.3, -0.25) is 9.98 Å². The lowest BCUT2D eigenvalue weighted by Crippen LogP contribution is -1.98. The van der Waals surface area contributed by atoms with E-state index in [2.05, 4.69) is 16.6 Å². The van der Waals surface area contributed by atoms with Crippen molar-refractivity contribution < 1.29 is 13.0 Å². The monoisotopic (exact) mass is 332 g/mol. The molecule has 7 heteroatoms. The molecule has 0 amide bonds. The van der Waals surface area contributed by atoms with Gasteiger partial charge in [-0.05, 0) is 30.3 Å². The topological polar surface area (TPSA) is 78.8 Å². The summed E-state index contributed by atoms with van der Waals surface area (Å²) in [5.74, 6) is 0. The first-order valence-corrected chi connectivity index (χ1v) is 8.69. The lowest BCUT2D eigenvalue weighted by atomic mass is 10.2. The van der Waals surface area contributed by atoms with Gasteiger partial charge in [0.2, 0.25) is 0 Å². The van der Waals surface area contributed by atoms with Crippen LogP contribution in [0.15, 0.2) is 63.9 Å². The highest BCUT2D eigenvalue weighted by atomic mass is 32.2. The summed E-state index contributed by atoms with van der Waals surface area (Å²) in [5, 5.41) is 7.31. The van der Waals surface area contributed by atoms with Crippen LogP contribution in [-0.2, 0) is 10.1 Å². The van der Waals surface area contributed by atoms with Crippen LogP contribution in [0.4, 0.5) is 5.69 Å². The van der Waals surface area contributed by atoms with E-state index in [0.29, 0.717) is 5.69 Å². The van der Waals surface area contributed by atoms with Crippen molar-refractivity contribution in [2.24, 2.45) is 5.10 Å². The van der Waals surface area contributed by atoms with Crippen molar-refractivity contribution in [2.45, 2.75) is 4.90 Å². The fourth-order valence-corrected chi connectivity index (χ4v) is 3.37. The third-order valence-corrected chi connectivity index (χ3v) is 4.91. The molecule has 1 aromatic heterocycles. The van der Waals surface area contributed by atoms with Crippen molar-refractivity contribution in [1.82, 2.24) is 0 Å². The number of benzene rings is 2. The summed E-state index contributed by atoms with van der Waals surface area (Å²) in [6.07, 6.45) is 1.72. The number of nitrogens with one attached hydrogen (secondary N) is 1. The van der Waals surface area contributed by atoms with Crippen molar-refractivity contribution in [3.63, 3.8) is 0 Å². The Bertz CT molecular complexity index is 929. The second-order valence-electron chi connectivity index (χ2n) is 4.56. The molecule has 2 aromatic carbocycles. The number of hydrogen-bond donors (Lipinski definition) is 2. The predicted molar refractivity (Wildman–Crippen MR) is 89.3 cm³/mol. The fraction of sp³-hybridized carbons (Fsp3) is 0. The highest BCUT2D eigenvalue weighted by molar-refractivity contribution is 7.85. The fourth-order valence-electron chi connectivity index (χ4n) is 1.98. The lowest BCUT2D eigenvalue weighted by Gasteiger charge is -2.01. The molecule has 0 aliphatic heterocycles. The summed E-state index contributed by atoms with van der Waals surface area (Å²) in [4.78, 5) is -0.147. The van der Waals surface area contributed by atoms with Gasteiger partial charge in [0.25, 0.3) is 10.1 Å². The first-order valence-electron chi connectivity index (χ1n) is 6.37. The molecular formula is C15H12N2O3S2. The van der Waals surface area contributed by atoms with Crippen molar-refractivity contribution in [1.29, 1.82) is 0 Å². The van der Waals surface area contributed by atoms with Crippen molar-refractivity contribution in [2.75, 3.05) is 5.43 Å². The van der Waals surface area contributed by atoms with E-state index < -0.39 is 10.1 Å². The number of hydrazone groups is 1. The molecule has 0 unspecified atom stereocenters. The van der Waals surface area contributed by atoms with Crippen LogP contribution in [0.1, 0.15) is 5.56 Å². The second-order valence-corrected chi connectivity index (χ2v) is 6.89. The first-order chi connectivity index (χ1) is 10.5. The average molecular weight is 332 g/mol. The highest BCUT2D eigenvalue weighted by Crippen LogP contribution is 2.24. The molecule has 3 rings (SSSR count). The van der Waals surface area contributed by atoms with Gasteiger partial charge in [0, 0.05) is 21.0 Å². The van der Waals surface area contributed by atoms with Crippen molar-refractivity contribution >= 4 is 43.4 Å². The normalized spacial score (nSPS) is 12.0. The Morgan fingerprint density at radius 1 is 1.09 bits per heavy atom. The van der Waals surface area contributed by atoms with Gasteiger partial charge in [-0.15, -0.1) is 11.3 Å². The van der Waals surface area contributed by atoms with Gasteiger partial charge >= 0.3 is 0 Å². The van der Waals surface area contributed by atoms with Crippen LogP contribution in [0.3, 0.4) is 0 Å². The van der Waals surface area contributed by atoms with Gasteiger partial charge in [-0.25, -0.2) is 0 Å². The van der Waals surface area contributed by atoms with E-state index in [1.54, 1.807) is 17.6 Å². The molecule has 0 fully saturated rings. The number of fused-ring (bicyclic) bond motifs is 1. The van der Waals surface area contributed by atoms with Gasteiger partial charge in [0.05, 0.1) is 16.8 Å². The quantitative estimate of drug-likeness (QED) is 0.435. The highest BCUT2D eigenvalue weighted by Gasteiger charge is 2.08. The van der Waals surface area contributed by atoms with E-state index in [1.165, 1.54) is 29.0 Å². The van der Waals surface area contributed by atoms with Crippen LogP contribution < -0.4 is 5.43 Å². The Morgan fingerprint density at radius 3 is 2.55 bits per heavy atom. The van der Waals surface area contributed by atoms with E-state index >= 15 is 0 Å². The number of hydrogen-bond acceptors (Lipinski definition) is 5. The number of rotatable bonds is 4. The molecule has 22 heavy (non-hydrogen) atoms. The molecule has 112 valence electrons. The molecule has 0 bridgehead atoms. The summed E-state index contributed by atoms with van der Waals surface area (Å²) in [5.41, 5.74) is 4.47. The van der Waals surface area contributed by atoms with Crippen LogP contribution in [0, 0.1) is 0 Å². The van der Waals surface area contributed by atoms with Crippen LogP contribution in [0.5, 0.6) is 0 Å². The Balaban J connectivity index is 1.75. The molecule has 3 aromatic rings. The lowest BCUT2D eigenvalue weighted by molar-refractivity contribution is 0.483. The molecule has 0 aliphatic carbocycles. The summed E-state index contributed by atoms with van der Waals surface area (Å²) in [6.45, 7) is 0. The van der Waals surface area contributed by atoms with E-state index in [9.17, 15) is 8.42 Å². The maximum atomic E-state index is 10.9. The summed E-state index contributed by atoms with van der Waals surface area (Å²) in [6, 6.07) is 13.8. The molecule has 0 spiro atoms. The minimum atomic E-state index is -4.16. The van der Waals surface area contributed by atoms with E-state index in [4.69, 9.17) is 4.55 Å². The number of nitrogens with zero attached hydrogens (tertiary/aromatic N) is 1. The van der Waals surface area contributed by atoms with Gasteiger partial charge in [0.15, 0.2) is 0 Å². The third kappa shape index (κ3) is 3.16. The van der Waals surface area contributed by atoms with Crippen molar-refractivity contribution in [3.05, 3.63) is 59.5 Å². The standard InChI is InChI=1S/C15H12N2O3S2/c18-22(19,20)13-7-5-12(6-8-13)17-16-9-11-10-21-15-4-2-1-3-14(11)15/h1-10,17H,(H,18,19,20). The Hall–Kier alpha value is -2.22. The molecule has 0 saturated heterocycles. The molecular weight excluding hydrogens is 320 g/mol. The van der Waals surface area contributed by atoms with Gasteiger partial charge in [-0.1, -0.05) is 18.2 Å². The molecule has 0 atom stereocenters. The number of thiophene rings is 1. The summed E-state index contributed by atoms with van der Waals surface area (Å²) in [7, 11) is -4.16. The van der Waals surface area contributed by atoms with Gasteiger partial charge < -0.3 is 0 Å². The Labute approximate surface area is 131 Å². The van der Waals surface area contributed by atoms with Crippen LogP contribution >= 0.6 is 11.3 Å². The molecule has 0 saturated carbocycles. The smallest absolute Gasteiger partial charge is 0.282 e. The molecule has 5 nitrogen and oxygen atoms in total. The summed E-state index contributed by atoms with van der Waals surface area (Å²) >= 11 is 1.65. The maximum absolute atomic E-state index is 10.9. The van der Waals surface area contributed by atoms with Gasteiger partial charge in [0.1, 0.15) is 0 Å². The predicted octanol–water partition coefficient (Wildman–Crippen LogP) is 3.59. The zero-order valence-electron chi connectivity index (χ0n) is 11.3. The average Bonchev–Trinajstić information content (AvgIpc) is 2.90. The second kappa shape index (κ2) is 5.88. The van der Waals surface area contributed by atoms with E-state index in [0.717, 1.165) is 10.9 Å². The SMILES string of the molecule is O=S(=O)(O)c1ccc(NN=Cc2csc3ccccc23)cc1. The van der Waals surface area contributed by atoms with Crippen LogP contribution in [0.2, 0.25) is 0 Å². The Morgan fingerprint density at radius 2 is 1.82 bits per heavy atom. The molecule has 0 radical (unpaired) electrons. The largest absolute Gasteiger partial charge is 0.294 e. The van der Waals surface area contributed by atoms with Crippen LogP contribution in [0.25, 0.3) is 10.1 Å². The van der Waals surface area contributed by atoms with Gasteiger partial charge in [-0.2, -0.15) is 13.5 Å².